The van der Waals surface area contributed by atoms with Crippen LogP contribution in [-0.2, 0) is 0 Å². The molecule has 82 valence electrons. The van der Waals surface area contributed by atoms with Gasteiger partial charge >= 0.3 is 0 Å². The molecule has 0 amide bonds. The Bertz CT molecular complexity index is 314. The molecular weight excluding hydrogens is 190 g/mol. The lowest BCUT2D eigenvalue weighted by Gasteiger charge is -2.12. The van der Waals surface area contributed by atoms with Crippen LogP contribution in [0.15, 0.2) is 25.0 Å². The summed E-state index contributed by atoms with van der Waals surface area (Å²) in [5.41, 5.74) is 0. The van der Waals surface area contributed by atoms with Crippen molar-refractivity contribution in [3.05, 3.63) is 25.0 Å². The predicted octanol–water partition coefficient (Wildman–Crippen LogP) is 2.25. The fourth-order valence-corrected chi connectivity index (χ4v) is 1.21. The van der Waals surface area contributed by atoms with Gasteiger partial charge < -0.3 is 10.1 Å². The highest BCUT2D eigenvalue weighted by Gasteiger charge is 2.02. The molecule has 0 bridgehead atoms. The Balaban J connectivity index is 2.60. The second-order valence-electron chi connectivity index (χ2n) is 3.24. The Labute approximate surface area is 90.4 Å². The number of anilines is 1. The van der Waals surface area contributed by atoms with E-state index < -0.39 is 0 Å². The zero-order valence-electron chi connectivity index (χ0n) is 9.23. The van der Waals surface area contributed by atoms with E-state index in [1.807, 2.05) is 13.0 Å². The maximum absolute atomic E-state index is 5.28. The van der Waals surface area contributed by atoms with Gasteiger partial charge in [0, 0.05) is 12.1 Å². The van der Waals surface area contributed by atoms with Gasteiger partial charge in [0.15, 0.2) is 0 Å². The molecule has 4 nitrogen and oxygen atoms in total. The lowest BCUT2D eigenvalue weighted by molar-refractivity contribution is 0.326. The van der Waals surface area contributed by atoms with Crippen molar-refractivity contribution in [1.82, 2.24) is 9.97 Å². The van der Waals surface area contributed by atoms with E-state index >= 15 is 0 Å². The molecule has 1 rings (SSSR count). The largest absolute Gasteiger partial charge is 0.478 e. The molecule has 15 heavy (non-hydrogen) atoms. The summed E-state index contributed by atoms with van der Waals surface area (Å²) in [7, 11) is 0. The molecule has 0 aliphatic heterocycles. The number of aromatic nitrogens is 2. The number of nitrogens with zero attached hydrogens (tertiary/aromatic N) is 2. The fraction of sp³-hybridized carbons (Fsp3) is 0.455. The molecule has 4 heteroatoms. The summed E-state index contributed by atoms with van der Waals surface area (Å²) in [6.45, 7) is 8.30. The van der Waals surface area contributed by atoms with Crippen molar-refractivity contribution in [1.29, 1.82) is 0 Å². The van der Waals surface area contributed by atoms with E-state index in [1.54, 1.807) is 6.07 Å². The van der Waals surface area contributed by atoms with Crippen LogP contribution in [0.3, 0.4) is 0 Å². The summed E-state index contributed by atoms with van der Waals surface area (Å²) in [5.74, 6) is 1.38. The second kappa shape index (κ2) is 6.01. The van der Waals surface area contributed by atoms with Crippen LogP contribution < -0.4 is 10.1 Å². The number of hydrogen-bond donors (Lipinski definition) is 1. The molecule has 0 aliphatic carbocycles. The van der Waals surface area contributed by atoms with Crippen LogP contribution in [0.4, 0.5) is 5.82 Å². The number of ether oxygens (including phenoxy) is 1. The molecule has 0 fully saturated rings. The van der Waals surface area contributed by atoms with Crippen LogP contribution in [-0.4, -0.2) is 22.6 Å². The highest BCUT2D eigenvalue weighted by atomic mass is 16.5. The SMILES string of the molecule is C=CCC(C)Nc1cc(OCC)ncn1. The topological polar surface area (TPSA) is 47.0 Å². The van der Waals surface area contributed by atoms with Crippen LogP contribution in [0, 0.1) is 0 Å². The second-order valence-corrected chi connectivity index (χ2v) is 3.24. The van der Waals surface area contributed by atoms with Gasteiger partial charge in [0.1, 0.15) is 12.1 Å². The fourth-order valence-electron chi connectivity index (χ4n) is 1.21. The van der Waals surface area contributed by atoms with Gasteiger partial charge in [0.2, 0.25) is 5.88 Å². The van der Waals surface area contributed by atoms with E-state index in [2.05, 4.69) is 28.8 Å². The average Bonchev–Trinajstić information content (AvgIpc) is 2.19. The molecule has 1 aromatic heterocycles. The smallest absolute Gasteiger partial charge is 0.218 e. The van der Waals surface area contributed by atoms with Crippen molar-refractivity contribution in [2.45, 2.75) is 26.3 Å². The van der Waals surface area contributed by atoms with Crippen LogP contribution in [0.25, 0.3) is 0 Å². The number of nitrogens with one attached hydrogen (secondary N) is 1. The molecule has 0 aliphatic rings. The third kappa shape index (κ3) is 3.97. The summed E-state index contributed by atoms with van der Waals surface area (Å²) in [4.78, 5) is 8.10. The first kappa shape index (κ1) is 11.5. The van der Waals surface area contributed by atoms with E-state index in [9.17, 15) is 0 Å². The van der Waals surface area contributed by atoms with Gasteiger partial charge in [-0.3, -0.25) is 0 Å². The quantitative estimate of drug-likeness (QED) is 0.727. The average molecular weight is 207 g/mol. The third-order valence-corrected chi connectivity index (χ3v) is 1.85. The molecule has 0 saturated carbocycles. The molecule has 1 N–H and O–H groups in total. The van der Waals surface area contributed by atoms with Gasteiger partial charge in [0.05, 0.1) is 6.61 Å². The summed E-state index contributed by atoms with van der Waals surface area (Å²) in [5, 5.41) is 3.24. The molecule has 0 aromatic carbocycles. The van der Waals surface area contributed by atoms with Crippen LogP contribution in [0.5, 0.6) is 5.88 Å². The zero-order valence-corrected chi connectivity index (χ0v) is 9.23. The van der Waals surface area contributed by atoms with Crippen molar-refractivity contribution in [2.75, 3.05) is 11.9 Å². The molecule has 1 aromatic rings. The maximum Gasteiger partial charge on any atom is 0.218 e. The summed E-state index contributed by atoms with van der Waals surface area (Å²) < 4.78 is 5.28. The van der Waals surface area contributed by atoms with Gasteiger partial charge in [-0.1, -0.05) is 6.08 Å². The Morgan fingerprint density at radius 1 is 1.60 bits per heavy atom. The maximum atomic E-state index is 5.28. The first-order valence-corrected chi connectivity index (χ1v) is 5.08. The van der Waals surface area contributed by atoms with E-state index in [4.69, 9.17) is 4.74 Å². The lowest BCUT2D eigenvalue weighted by Crippen LogP contribution is -2.15. The van der Waals surface area contributed by atoms with E-state index in [1.165, 1.54) is 6.33 Å². The Kier molecular flexibility index (Phi) is 4.60. The minimum atomic E-state index is 0.312. The minimum absolute atomic E-state index is 0.312. The van der Waals surface area contributed by atoms with Gasteiger partial charge in [-0.25, -0.2) is 9.97 Å². The van der Waals surface area contributed by atoms with Crippen LogP contribution >= 0.6 is 0 Å². The predicted molar refractivity (Wildman–Crippen MR) is 61.1 cm³/mol. The highest BCUT2D eigenvalue weighted by molar-refractivity contribution is 5.37. The van der Waals surface area contributed by atoms with Gasteiger partial charge in [0.25, 0.3) is 0 Å². The monoisotopic (exact) mass is 207 g/mol. The van der Waals surface area contributed by atoms with Gasteiger partial charge in [-0.2, -0.15) is 0 Å². The highest BCUT2D eigenvalue weighted by Crippen LogP contribution is 2.12. The molecule has 1 heterocycles. The summed E-state index contributed by atoms with van der Waals surface area (Å²) in [6, 6.07) is 2.11. The van der Waals surface area contributed by atoms with Crippen molar-refractivity contribution in [3.63, 3.8) is 0 Å². The van der Waals surface area contributed by atoms with Crippen LogP contribution in [0.2, 0.25) is 0 Å². The summed E-state index contributed by atoms with van der Waals surface area (Å²) in [6.07, 6.45) is 4.27. The minimum Gasteiger partial charge on any atom is -0.478 e. The van der Waals surface area contributed by atoms with Crippen molar-refractivity contribution >= 4 is 5.82 Å². The van der Waals surface area contributed by atoms with Gasteiger partial charge in [-0.05, 0) is 20.3 Å². The molecule has 0 radical (unpaired) electrons. The third-order valence-electron chi connectivity index (χ3n) is 1.85. The lowest BCUT2D eigenvalue weighted by atomic mass is 10.2. The standard InChI is InChI=1S/C11H17N3O/c1-4-6-9(3)14-10-7-11(15-5-2)13-8-12-10/h4,7-9H,1,5-6H2,2-3H3,(H,12,13,14). The molecule has 0 spiro atoms. The van der Waals surface area contributed by atoms with Crippen molar-refractivity contribution in [2.24, 2.45) is 0 Å². The molecule has 0 saturated heterocycles. The Morgan fingerprint density at radius 2 is 2.40 bits per heavy atom. The van der Waals surface area contributed by atoms with Crippen molar-refractivity contribution < 1.29 is 4.74 Å². The van der Waals surface area contributed by atoms with E-state index in [0.29, 0.717) is 18.5 Å². The molecule has 1 atom stereocenters. The number of hydrogen-bond acceptors (Lipinski definition) is 4. The molecular formula is C11H17N3O. The van der Waals surface area contributed by atoms with Gasteiger partial charge in [-0.15, -0.1) is 6.58 Å². The normalized spacial score (nSPS) is 11.9. The van der Waals surface area contributed by atoms with Crippen LogP contribution in [0.1, 0.15) is 20.3 Å². The Hall–Kier alpha value is -1.58. The van der Waals surface area contributed by atoms with E-state index in [-0.39, 0.29) is 0 Å². The van der Waals surface area contributed by atoms with E-state index in [0.717, 1.165) is 12.2 Å². The first-order chi connectivity index (χ1) is 7.26. The summed E-state index contributed by atoms with van der Waals surface area (Å²) >= 11 is 0. The van der Waals surface area contributed by atoms with Crippen molar-refractivity contribution in [3.8, 4) is 5.88 Å². The molecule has 1 unspecified atom stereocenters. The first-order valence-electron chi connectivity index (χ1n) is 5.08. The zero-order chi connectivity index (χ0) is 11.1. The number of rotatable bonds is 6. The Morgan fingerprint density at radius 3 is 3.07 bits per heavy atom.